The van der Waals surface area contributed by atoms with E-state index in [2.05, 4.69) is 9.88 Å². The average Bonchev–Trinajstić information content (AvgIpc) is 3.49. The molecule has 0 atom stereocenters. The highest BCUT2D eigenvalue weighted by Gasteiger charge is 2.19. The van der Waals surface area contributed by atoms with Crippen molar-refractivity contribution in [2.24, 2.45) is 12.0 Å². The Kier molecular flexibility index (Phi) is 7.07. The van der Waals surface area contributed by atoms with Crippen LogP contribution in [-0.2, 0) is 24.8 Å². The summed E-state index contributed by atoms with van der Waals surface area (Å²) in [5, 5.41) is 4.93. The molecule has 1 aliphatic heterocycles. The van der Waals surface area contributed by atoms with Crippen LogP contribution in [-0.4, -0.2) is 33.6 Å². The van der Waals surface area contributed by atoms with E-state index in [4.69, 9.17) is 14.5 Å². The molecule has 0 spiro atoms. The van der Waals surface area contributed by atoms with Gasteiger partial charge in [-0.2, -0.15) is 0 Å². The van der Waals surface area contributed by atoms with Crippen LogP contribution in [0.3, 0.4) is 0 Å². The SMILES string of the molecule is COc1ccc(CCn2c(-c3ccc4c(c3)NC(=O)CO4)csc2=Nc2c(C)n(C)n(-c3ccccc3)c2=O)cc1. The highest BCUT2D eigenvalue weighted by atomic mass is 32.1. The van der Waals surface area contributed by atoms with E-state index in [1.807, 2.05) is 96.8 Å². The van der Waals surface area contributed by atoms with Gasteiger partial charge in [0.1, 0.15) is 11.5 Å². The van der Waals surface area contributed by atoms with E-state index in [0.29, 0.717) is 28.5 Å². The number of aromatic nitrogens is 3. The predicted molar refractivity (Wildman–Crippen MR) is 160 cm³/mol. The molecule has 0 radical (unpaired) electrons. The number of thiazole rings is 1. The number of fused-ring (bicyclic) bond motifs is 1. The number of amides is 1. The normalized spacial score (nSPS) is 13.0. The van der Waals surface area contributed by atoms with Gasteiger partial charge in [0.15, 0.2) is 17.1 Å². The highest BCUT2D eigenvalue weighted by Crippen LogP contribution is 2.33. The molecule has 0 saturated heterocycles. The van der Waals surface area contributed by atoms with Gasteiger partial charge < -0.3 is 19.4 Å². The minimum atomic E-state index is -0.183. The molecule has 2 aromatic heterocycles. The van der Waals surface area contributed by atoms with Crippen molar-refractivity contribution in [3.05, 3.63) is 105 Å². The zero-order chi connectivity index (χ0) is 28.5. The van der Waals surface area contributed by atoms with Crippen molar-refractivity contribution in [2.75, 3.05) is 19.0 Å². The number of methoxy groups -OCH3 is 1. The van der Waals surface area contributed by atoms with Gasteiger partial charge in [0.2, 0.25) is 0 Å². The molecule has 10 heteroatoms. The fourth-order valence-corrected chi connectivity index (χ4v) is 5.86. The van der Waals surface area contributed by atoms with Crippen molar-refractivity contribution in [3.63, 3.8) is 0 Å². The van der Waals surface area contributed by atoms with Gasteiger partial charge in [-0.05, 0) is 61.4 Å². The third-order valence-corrected chi connectivity index (χ3v) is 8.08. The first-order valence-corrected chi connectivity index (χ1v) is 14.1. The summed E-state index contributed by atoms with van der Waals surface area (Å²) in [5.41, 5.74) is 5.39. The molecule has 0 saturated carbocycles. The van der Waals surface area contributed by atoms with Gasteiger partial charge in [-0.1, -0.05) is 30.3 Å². The van der Waals surface area contributed by atoms with Crippen LogP contribution >= 0.6 is 11.3 Å². The first-order valence-electron chi connectivity index (χ1n) is 13.2. The van der Waals surface area contributed by atoms with Crippen LogP contribution in [0, 0.1) is 6.92 Å². The molecule has 0 aliphatic carbocycles. The molecule has 5 aromatic rings. The number of nitrogens with zero attached hydrogens (tertiary/aromatic N) is 4. The largest absolute Gasteiger partial charge is 0.497 e. The van der Waals surface area contributed by atoms with Gasteiger partial charge in [0, 0.05) is 24.5 Å². The number of nitrogens with one attached hydrogen (secondary N) is 1. The van der Waals surface area contributed by atoms with E-state index in [9.17, 15) is 9.59 Å². The third-order valence-electron chi connectivity index (χ3n) is 7.22. The van der Waals surface area contributed by atoms with Crippen molar-refractivity contribution in [1.29, 1.82) is 0 Å². The predicted octanol–water partition coefficient (Wildman–Crippen LogP) is 4.83. The zero-order valence-corrected chi connectivity index (χ0v) is 23.8. The minimum absolute atomic E-state index is 0.00657. The van der Waals surface area contributed by atoms with Gasteiger partial charge >= 0.3 is 0 Å². The summed E-state index contributed by atoms with van der Waals surface area (Å²) in [6.45, 7) is 2.54. The van der Waals surface area contributed by atoms with Gasteiger partial charge in [0.05, 0.1) is 29.9 Å². The molecule has 0 bridgehead atoms. The molecule has 1 aliphatic rings. The number of rotatable bonds is 7. The number of hydrogen-bond acceptors (Lipinski definition) is 6. The third kappa shape index (κ3) is 5.09. The Labute approximate surface area is 240 Å². The van der Waals surface area contributed by atoms with Crippen molar-refractivity contribution in [3.8, 4) is 28.4 Å². The van der Waals surface area contributed by atoms with Gasteiger partial charge in [0.25, 0.3) is 11.5 Å². The molecule has 9 nitrogen and oxygen atoms in total. The number of para-hydroxylation sites is 1. The summed E-state index contributed by atoms with van der Waals surface area (Å²) in [7, 11) is 3.52. The van der Waals surface area contributed by atoms with Crippen LogP contribution in [0.5, 0.6) is 11.5 Å². The Morgan fingerprint density at radius 2 is 1.83 bits per heavy atom. The molecule has 0 unspecified atom stereocenters. The lowest BCUT2D eigenvalue weighted by Crippen LogP contribution is -2.25. The summed E-state index contributed by atoms with van der Waals surface area (Å²) in [6.07, 6.45) is 0.744. The lowest BCUT2D eigenvalue weighted by Gasteiger charge is -2.19. The van der Waals surface area contributed by atoms with Crippen LogP contribution in [0.1, 0.15) is 11.3 Å². The van der Waals surface area contributed by atoms with E-state index in [1.54, 1.807) is 11.8 Å². The molecule has 1 amide bonds. The van der Waals surface area contributed by atoms with E-state index < -0.39 is 0 Å². The van der Waals surface area contributed by atoms with Crippen LogP contribution < -0.4 is 25.2 Å². The molecule has 3 aromatic carbocycles. The van der Waals surface area contributed by atoms with E-state index >= 15 is 0 Å². The second-order valence-corrected chi connectivity index (χ2v) is 10.6. The van der Waals surface area contributed by atoms with E-state index in [0.717, 1.165) is 40.4 Å². The van der Waals surface area contributed by atoms with E-state index in [1.165, 1.54) is 11.3 Å². The maximum absolute atomic E-state index is 13.6. The minimum Gasteiger partial charge on any atom is -0.497 e. The van der Waals surface area contributed by atoms with Crippen molar-refractivity contribution in [1.82, 2.24) is 13.9 Å². The van der Waals surface area contributed by atoms with Gasteiger partial charge in [-0.15, -0.1) is 11.3 Å². The summed E-state index contributed by atoms with van der Waals surface area (Å²) in [5.74, 6) is 1.26. The van der Waals surface area contributed by atoms with Crippen LogP contribution in [0.2, 0.25) is 0 Å². The molecule has 1 N–H and O–H groups in total. The van der Waals surface area contributed by atoms with Crippen molar-refractivity contribution >= 4 is 28.6 Å². The first-order chi connectivity index (χ1) is 19.9. The molecule has 41 heavy (non-hydrogen) atoms. The fraction of sp³-hybridized carbons (Fsp3) is 0.194. The molecule has 3 heterocycles. The smallest absolute Gasteiger partial charge is 0.297 e. The first kappa shape index (κ1) is 26.4. The van der Waals surface area contributed by atoms with Crippen LogP contribution in [0.25, 0.3) is 16.9 Å². The molecular weight excluding hydrogens is 538 g/mol. The summed E-state index contributed by atoms with van der Waals surface area (Å²) >= 11 is 1.47. The number of carbonyl (C=O) groups excluding carboxylic acids is 1. The Morgan fingerprint density at radius 1 is 1.05 bits per heavy atom. The topological polar surface area (TPSA) is 91.8 Å². The zero-order valence-electron chi connectivity index (χ0n) is 23.0. The van der Waals surface area contributed by atoms with Crippen LogP contribution in [0.4, 0.5) is 11.4 Å². The Bertz CT molecular complexity index is 1860. The lowest BCUT2D eigenvalue weighted by atomic mass is 10.1. The van der Waals surface area contributed by atoms with Gasteiger partial charge in [-0.3, -0.25) is 14.3 Å². The highest BCUT2D eigenvalue weighted by molar-refractivity contribution is 7.07. The number of anilines is 1. The molecule has 0 fully saturated rings. The lowest BCUT2D eigenvalue weighted by molar-refractivity contribution is -0.118. The summed E-state index contributed by atoms with van der Waals surface area (Å²) in [4.78, 5) is 31.2. The maximum atomic E-state index is 13.6. The number of aryl methyl sites for hydroxylation is 1. The van der Waals surface area contributed by atoms with Crippen molar-refractivity contribution < 1.29 is 14.3 Å². The number of carbonyl (C=O) groups is 1. The quantitative estimate of drug-likeness (QED) is 0.305. The Morgan fingerprint density at radius 3 is 2.59 bits per heavy atom. The van der Waals surface area contributed by atoms with Crippen LogP contribution in [0.15, 0.2) is 88.0 Å². The number of benzene rings is 3. The van der Waals surface area contributed by atoms with E-state index in [-0.39, 0.29) is 18.1 Å². The molecule has 6 rings (SSSR count). The van der Waals surface area contributed by atoms with Crippen molar-refractivity contribution in [2.45, 2.75) is 19.9 Å². The molecular formula is C31H29N5O4S. The Hall–Kier alpha value is -4.83. The second-order valence-electron chi connectivity index (χ2n) is 9.72. The second kappa shape index (κ2) is 11.0. The fourth-order valence-electron chi connectivity index (χ4n) is 4.92. The summed E-state index contributed by atoms with van der Waals surface area (Å²) < 4.78 is 16.5. The average molecular weight is 568 g/mol. The number of ether oxygens (including phenoxy) is 2. The maximum Gasteiger partial charge on any atom is 0.297 e. The molecule has 208 valence electrons. The Balaban J connectivity index is 1.46. The summed E-state index contributed by atoms with van der Waals surface area (Å²) in [6, 6.07) is 23.3. The monoisotopic (exact) mass is 567 g/mol. The van der Waals surface area contributed by atoms with Gasteiger partial charge in [-0.25, -0.2) is 9.67 Å². The standard InChI is InChI=1S/C31H29N5O4S/c1-20-29(30(38)36(34(20)2)23-7-5-4-6-8-23)33-31-35(16-15-21-9-12-24(39-3)13-10-21)26(19-41-31)22-11-14-27-25(17-22)32-28(37)18-40-27/h4-14,17,19H,15-16,18H2,1-3H3,(H,32,37). The number of hydrogen-bond donors (Lipinski definition) is 1.